The normalized spacial score (nSPS) is 19.1. The third-order valence-electron chi connectivity index (χ3n) is 3.42. The van der Waals surface area contributed by atoms with Gasteiger partial charge in [0.2, 0.25) is 0 Å². The Hall–Kier alpha value is -1.03. The Bertz CT molecular complexity index is 416. The monoisotopic (exact) mass is 310 g/mol. The highest BCUT2D eigenvalue weighted by Crippen LogP contribution is 2.21. The van der Waals surface area contributed by atoms with E-state index in [1.54, 1.807) is 0 Å². The zero-order chi connectivity index (χ0) is 13.1. The fraction of sp³-hybridized carbons (Fsp3) is 0.500. The summed E-state index contributed by atoms with van der Waals surface area (Å²) in [5, 5.41) is 0.982. The van der Waals surface area contributed by atoms with Crippen molar-refractivity contribution in [3.05, 3.63) is 29.8 Å². The zero-order valence-corrected chi connectivity index (χ0v) is 12.5. The maximum absolute atomic E-state index is 12.3. The highest BCUT2D eigenvalue weighted by atomic mass is 79.9. The summed E-state index contributed by atoms with van der Waals surface area (Å²) in [5.41, 5.74) is 1.90. The quantitative estimate of drug-likeness (QED) is 0.801. The molecular formula is C14H19BrN2O. The van der Waals surface area contributed by atoms with Crippen molar-refractivity contribution >= 4 is 27.5 Å². The molecule has 1 amide bonds. The molecule has 1 saturated heterocycles. The van der Waals surface area contributed by atoms with Crippen LogP contribution in [0.1, 0.15) is 16.8 Å². The summed E-state index contributed by atoms with van der Waals surface area (Å²) >= 11 is 3.49. The Labute approximate surface area is 117 Å². The second-order valence-electron chi connectivity index (χ2n) is 5.00. The van der Waals surface area contributed by atoms with E-state index in [0.29, 0.717) is 5.92 Å². The van der Waals surface area contributed by atoms with Gasteiger partial charge in [-0.1, -0.05) is 15.9 Å². The molecule has 4 heteroatoms. The molecule has 3 nitrogen and oxygen atoms in total. The molecule has 18 heavy (non-hydrogen) atoms. The van der Waals surface area contributed by atoms with Gasteiger partial charge in [0.1, 0.15) is 0 Å². The third-order valence-corrected chi connectivity index (χ3v) is 4.34. The number of likely N-dealkylation sites (tertiary alicyclic amines) is 1. The Balaban J connectivity index is 2.05. The van der Waals surface area contributed by atoms with Gasteiger partial charge in [-0.05, 0) is 36.6 Å². The summed E-state index contributed by atoms with van der Waals surface area (Å²) in [5.74, 6) is 0.763. The lowest BCUT2D eigenvalue weighted by Crippen LogP contribution is -2.28. The first kappa shape index (κ1) is 13.4. The highest BCUT2D eigenvalue weighted by Gasteiger charge is 2.25. The predicted octanol–water partition coefficient (Wildman–Crippen LogP) is 2.61. The third kappa shape index (κ3) is 2.86. The van der Waals surface area contributed by atoms with E-state index < -0.39 is 0 Å². The van der Waals surface area contributed by atoms with E-state index in [1.807, 2.05) is 48.2 Å². The molecule has 2 rings (SSSR count). The van der Waals surface area contributed by atoms with Gasteiger partial charge in [-0.25, -0.2) is 0 Å². The van der Waals surface area contributed by atoms with E-state index in [2.05, 4.69) is 15.9 Å². The molecule has 0 radical (unpaired) electrons. The van der Waals surface area contributed by atoms with Crippen molar-refractivity contribution in [1.29, 1.82) is 0 Å². The maximum atomic E-state index is 12.3. The molecule has 1 atom stereocenters. The lowest BCUT2D eigenvalue weighted by molar-refractivity contribution is 0.0788. The molecule has 98 valence electrons. The number of carbonyl (C=O) groups excluding carboxylic acids is 1. The molecule has 1 aromatic carbocycles. The van der Waals surface area contributed by atoms with E-state index in [1.165, 1.54) is 0 Å². The standard InChI is InChI=1S/C14H19BrN2O/c1-16(2)13-5-3-12(4-6-13)14(18)17-8-7-11(9-15)10-17/h3-6,11H,7-10H2,1-2H3. The molecule has 1 aromatic rings. The van der Waals surface area contributed by atoms with Gasteiger partial charge in [0.15, 0.2) is 0 Å². The van der Waals surface area contributed by atoms with Crippen molar-refractivity contribution in [2.24, 2.45) is 5.92 Å². The molecule has 1 heterocycles. The number of halogens is 1. The van der Waals surface area contributed by atoms with E-state index in [0.717, 1.165) is 36.1 Å². The van der Waals surface area contributed by atoms with E-state index >= 15 is 0 Å². The topological polar surface area (TPSA) is 23.6 Å². The maximum Gasteiger partial charge on any atom is 0.253 e. The highest BCUT2D eigenvalue weighted by molar-refractivity contribution is 9.09. The SMILES string of the molecule is CN(C)c1ccc(C(=O)N2CCC(CBr)C2)cc1. The number of alkyl halides is 1. The summed E-state index contributed by atoms with van der Waals surface area (Å²) in [7, 11) is 4.00. The fourth-order valence-corrected chi connectivity index (χ4v) is 2.76. The van der Waals surface area contributed by atoms with Crippen molar-refractivity contribution in [1.82, 2.24) is 4.90 Å². The van der Waals surface area contributed by atoms with Crippen molar-refractivity contribution < 1.29 is 4.79 Å². The van der Waals surface area contributed by atoms with Crippen molar-refractivity contribution in [2.75, 3.05) is 37.4 Å². The average Bonchev–Trinajstić information content (AvgIpc) is 2.86. The summed E-state index contributed by atoms with van der Waals surface area (Å²) in [6.45, 7) is 1.75. The number of nitrogens with zero attached hydrogens (tertiary/aromatic N) is 2. The van der Waals surface area contributed by atoms with Crippen LogP contribution < -0.4 is 4.90 Å². The number of hydrogen-bond acceptors (Lipinski definition) is 2. The average molecular weight is 311 g/mol. The van der Waals surface area contributed by atoms with Gasteiger partial charge < -0.3 is 9.80 Å². The number of benzene rings is 1. The van der Waals surface area contributed by atoms with E-state index in [-0.39, 0.29) is 5.91 Å². The summed E-state index contributed by atoms with van der Waals surface area (Å²) < 4.78 is 0. The molecule has 1 unspecified atom stereocenters. The van der Waals surface area contributed by atoms with Crippen LogP contribution in [0.3, 0.4) is 0 Å². The van der Waals surface area contributed by atoms with Crippen LogP contribution in [0.2, 0.25) is 0 Å². The Morgan fingerprint density at radius 1 is 1.39 bits per heavy atom. The Kier molecular flexibility index (Phi) is 4.27. The number of hydrogen-bond donors (Lipinski definition) is 0. The molecule has 0 aromatic heterocycles. The zero-order valence-electron chi connectivity index (χ0n) is 10.9. The largest absolute Gasteiger partial charge is 0.378 e. The van der Waals surface area contributed by atoms with Crippen LogP contribution >= 0.6 is 15.9 Å². The summed E-state index contributed by atoms with van der Waals surface area (Å²) in [4.78, 5) is 16.3. The second-order valence-corrected chi connectivity index (χ2v) is 5.65. The number of rotatable bonds is 3. The summed E-state index contributed by atoms with van der Waals surface area (Å²) in [6.07, 6.45) is 1.10. The lowest BCUT2D eigenvalue weighted by Gasteiger charge is -2.17. The van der Waals surface area contributed by atoms with Crippen LogP contribution in [0.25, 0.3) is 0 Å². The van der Waals surface area contributed by atoms with Gasteiger partial charge in [-0.2, -0.15) is 0 Å². The van der Waals surface area contributed by atoms with E-state index in [4.69, 9.17) is 0 Å². The molecule has 1 aliphatic heterocycles. The van der Waals surface area contributed by atoms with Crippen LogP contribution in [0.5, 0.6) is 0 Å². The molecule has 0 aliphatic carbocycles. The number of carbonyl (C=O) groups is 1. The van der Waals surface area contributed by atoms with Gasteiger partial charge in [0.25, 0.3) is 5.91 Å². The van der Waals surface area contributed by atoms with Gasteiger partial charge in [-0.15, -0.1) is 0 Å². The molecule has 0 bridgehead atoms. The van der Waals surface area contributed by atoms with Crippen molar-refractivity contribution in [3.63, 3.8) is 0 Å². The second kappa shape index (κ2) is 5.74. The van der Waals surface area contributed by atoms with Crippen LogP contribution in [0.15, 0.2) is 24.3 Å². The molecular weight excluding hydrogens is 292 g/mol. The lowest BCUT2D eigenvalue weighted by atomic mass is 10.1. The van der Waals surface area contributed by atoms with Gasteiger partial charge in [0.05, 0.1) is 0 Å². The van der Waals surface area contributed by atoms with Gasteiger partial charge in [0, 0.05) is 43.8 Å². The molecule has 1 aliphatic rings. The Morgan fingerprint density at radius 3 is 2.56 bits per heavy atom. The predicted molar refractivity (Wildman–Crippen MR) is 78.6 cm³/mol. The minimum Gasteiger partial charge on any atom is -0.378 e. The first-order valence-electron chi connectivity index (χ1n) is 6.24. The number of amides is 1. The minimum atomic E-state index is 0.156. The molecule has 0 saturated carbocycles. The van der Waals surface area contributed by atoms with Crippen molar-refractivity contribution in [2.45, 2.75) is 6.42 Å². The fourth-order valence-electron chi connectivity index (χ4n) is 2.23. The van der Waals surface area contributed by atoms with Crippen LogP contribution in [-0.4, -0.2) is 43.3 Å². The van der Waals surface area contributed by atoms with Crippen LogP contribution in [0.4, 0.5) is 5.69 Å². The van der Waals surface area contributed by atoms with Crippen molar-refractivity contribution in [3.8, 4) is 0 Å². The Morgan fingerprint density at radius 2 is 2.06 bits per heavy atom. The smallest absolute Gasteiger partial charge is 0.253 e. The van der Waals surface area contributed by atoms with Gasteiger partial charge >= 0.3 is 0 Å². The molecule has 1 fully saturated rings. The molecule has 0 N–H and O–H groups in total. The first-order chi connectivity index (χ1) is 8.61. The van der Waals surface area contributed by atoms with Crippen LogP contribution in [-0.2, 0) is 0 Å². The summed E-state index contributed by atoms with van der Waals surface area (Å²) in [6, 6.07) is 7.81. The number of anilines is 1. The van der Waals surface area contributed by atoms with Crippen LogP contribution in [0, 0.1) is 5.92 Å². The van der Waals surface area contributed by atoms with Gasteiger partial charge in [-0.3, -0.25) is 4.79 Å². The van der Waals surface area contributed by atoms with E-state index in [9.17, 15) is 4.79 Å². The molecule has 0 spiro atoms. The first-order valence-corrected chi connectivity index (χ1v) is 7.36. The minimum absolute atomic E-state index is 0.156.